The standard InChI is InChI=1S/C10H11FO4/c1-5-3-4-6(11)8(12)7(5)9(13)10(14)15-2/h3-4,9,12-13H,1-2H3. The number of phenols is 1. The van der Waals surface area contributed by atoms with E-state index in [0.29, 0.717) is 5.56 Å². The Morgan fingerprint density at radius 2 is 2.13 bits per heavy atom. The van der Waals surface area contributed by atoms with Crippen LogP contribution in [0.4, 0.5) is 4.39 Å². The van der Waals surface area contributed by atoms with Gasteiger partial charge < -0.3 is 14.9 Å². The van der Waals surface area contributed by atoms with Crippen molar-refractivity contribution in [1.82, 2.24) is 0 Å². The van der Waals surface area contributed by atoms with E-state index in [2.05, 4.69) is 4.74 Å². The number of carbonyl (C=O) groups is 1. The molecule has 0 aliphatic carbocycles. The molecule has 0 aliphatic heterocycles. The third-order valence-corrected chi connectivity index (χ3v) is 2.08. The summed E-state index contributed by atoms with van der Waals surface area (Å²) >= 11 is 0. The fraction of sp³-hybridized carbons (Fsp3) is 0.300. The van der Waals surface area contributed by atoms with Crippen molar-refractivity contribution in [2.45, 2.75) is 13.0 Å². The first-order valence-electron chi connectivity index (χ1n) is 4.23. The van der Waals surface area contributed by atoms with Crippen LogP contribution in [0, 0.1) is 12.7 Å². The summed E-state index contributed by atoms with van der Waals surface area (Å²) in [4.78, 5) is 11.0. The third kappa shape index (κ3) is 2.07. The smallest absolute Gasteiger partial charge is 0.339 e. The Balaban J connectivity index is 3.24. The number of halogens is 1. The molecule has 0 fully saturated rings. The van der Waals surface area contributed by atoms with Gasteiger partial charge in [-0.2, -0.15) is 0 Å². The molecule has 0 saturated carbocycles. The number of methoxy groups -OCH3 is 1. The zero-order valence-electron chi connectivity index (χ0n) is 8.32. The Morgan fingerprint density at radius 3 is 2.67 bits per heavy atom. The van der Waals surface area contributed by atoms with Crippen LogP contribution in [0.1, 0.15) is 17.2 Å². The molecule has 0 spiro atoms. The second kappa shape index (κ2) is 4.27. The van der Waals surface area contributed by atoms with Gasteiger partial charge in [-0.1, -0.05) is 6.07 Å². The summed E-state index contributed by atoms with van der Waals surface area (Å²) in [5.41, 5.74) is 0.244. The Kier molecular flexibility index (Phi) is 3.26. The van der Waals surface area contributed by atoms with Crippen LogP contribution < -0.4 is 0 Å². The summed E-state index contributed by atoms with van der Waals surface area (Å²) in [6.45, 7) is 1.54. The van der Waals surface area contributed by atoms with Crippen LogP contribution in [-0.4, -0.2) is 23.3 Å². The Hall–Kier alpha value is -1.62. The van der Waals surface area contributed by atoms with Crippen LogP contribution >= 0.6 is 0 Å². The molecule has 2 N–H and O–H groups in total. The van der Waals surface area contributed by atoms with Crippen molar-refractivity contribution in [2.24, 2.45) is 0 Å². The average Bonchev–Trinajstić information content (AvgIpc) is 2.22. The maximum absolute atomic E-state index is 13.0. The molecule has 0 radical (unpaired) electrons. The van der Waals surface area contributed by atoms with Crippen molar-refractivity contribution in [3.05, 3.63) is 29.1 Å². The number of aryl methyl sites for hydroxylation is 1. The molecule has 0 amide bonds. The van der Waals surface area contributed by atoms with Gasteiger partial charge in [-0.05, 0) is 18.6 Å². The van der Waals surface area contributed by atoms with Crippen molar-refractivity contribution >= 4 is 5.97 Å². The number of aliphatic hydroxyl groups excluding tert-OH is 1. The third-order valence-electron chi connectivity index (χ3n) is 2.08. The van der Waals surface area contributed by atoms with Crippen LogP contribution in [0.5, 0.6) is 5.75 Å². The van der Waals surface area contributed by atoms with Gasteiger partial charge in [-0.15, -0.1) is 0 Å². The molecule has 1 atom stereocenters. The molecule has 82 valence electrons. The molecule has 1 aromatic rings. The minimum atomic E-state index is -1.68. The number of carbonyl (C=O) groups excluding carboxylic acids is 1. The van der Waals surface area contributed by atoms with E-state index in [0.717, 1.165) is 13.2 Å². The van der Waals surface area contributed by atoms with Gasteiger partial charge in [-0.3, -0.25) is 0 Å². The van der Waals surface area contributed by atoms with E-state index >= 15 is 0 Å². The number of aromatic hydroxyl groups is 1. The average molecular weight is 214 g/mol. The summed E-state index contributed by atoms with van der Waals surface area (Å²) in [6, 6.07) is 2.41. The molecule has 0 bridgehead atoms. The second-order valence-corrected chi connectivity index (χ2v) is 3.05. The maximum atomic E-state index is 13.0. The lowest BCUT2D eigenvalue weighted by Gasteiger charge is -2.13. The lowest BCUT2D eigenvalue weighted by atomic mass is 10.0. The fourth-order valence-corrected chi connectivity index (χ4v) is 1.26. The molecule has 4 nitrogen and oxygen atoms in total. The fourth-order valence-electron chi connectivity index (χ4n) is 1.26. The topological polar surface area (TPSA) is 66.8 Å². The van der Waals surface area contributed by atoms with Crippen LogP contribution in [0.25, 0.3) is 0 Å². The summed E-state index contributed by atoms with van der Waals surface area (Å²) in [5, 5.41) is 18.8. The highest BCUT2D eigenvalue weighted by atomic mass is 19.1. The molecule has 1 aromatic carbocycles. The van der Waals surface area contributed by atoms with Gasteiger partial charge in [0.05, 0.1) is 7.11 Å². The monoisotopic (exact) mass is 214 g/mol. The van der Waals surface area contributed by atoms with Crippen molar-refractivity contribution in [2.75, 3.05) is 7.11 Å². The van der Waals surface area contributed by atoms with Crippen molar-refractivity contribution in [3.63, 3.8) is 0 Å². The first-order valence-corrected chi connectivity index (χ1v) is 4.23. The molecule has 15 heavy (non-hydrogen) atoms. The first kappa shape index (κ1) is 11.5. The van der Waals surface area contributed by atoms with E-state index < -0.39 is 23.6 Å². The Bertz CT molecular complexity index is 389. The van der Waals surface area contributed by atoms with Gasteiger partial charge in [0.25, 0.3) is 0 Å². The van der Waals surface area contributed by atoms with E-state index in [-0.39, 0.29) is 5.56 Å². The molecule has 1 unspecified atom stereocenters. The summed E-state index contributed by atoms with van der Waals surface area (Å²) in [5.74, 6) is -2.56. The summed E-state index contributed by atoms with van der Waals surface area (Å²) < 4.78 is 17.3. The van der Waals surface area contributed by atoms with E-state index in [1.165, 1.54) is 6.07 Å². The minimum absolute atomic E-state index is 0.165. The van der Waals surface area contributed by atoms with Gasteiger partial charge >= 0.3 is 5.97 Å². The number of hydrogen-bond acceptors (Lipinski definition) is 4. The molecule has 5 heteroatoms. The summed E-state index contributed by atoms with van der Waals surface area (Å²) in [6.07, 6.45) is -1.68. The number of hydrogen-bond donors (Lipinski definition) is 2. The molecular formula is C10H11FO4. The number of benzene rings is 1. The zero-order valence-corrected chi connectivity index (χ0v) is 8.32. The van der Waals surface area contributed by atoms with E-state index in [1.54, 1.807) is 6.92 Å². The van der Waals surface area contributed by atoms with E-state index in [4.69, 9.17) is 0 Å². The van der Waals surface area contributed by atoms with Gasteiger partial charge in [0.2, 0.25) is 0 Å². The summed E-state index contributed by atoms with van der Waals surface area (Å²) in [7, 11) is 1.09. The van der Waals surface area contributed by atoms with Gasteiger partial charge in [-0.25, -0.2) is 9.18 Å². The molecule has 0 aliphatic rings. The molecule has 0 heterocycles. The highest BCUT2D eigenvalue weighted by molar-refractivity contribution is 5.77. The van der Waals surface area contributed by atoms with Crippen LogP contribution in [0.2, 0.25) is 0 Å². The largest absolute Gasteiger partial charge is 0.505 e. The van der Waals surface area contributed by atoms with Crippen LogP contribution in [0.15, 0.2) is 12.1 Å². The number of phenolic OH excluding ortho intramolecular Hbond substituents is 1. The number of rotatable bonds is 2. The predicted octanol–water partition coefficient (Wildman–Crippen LogP) is 1.05. The SMILES string of the molecule is COC(=O)C(O)c1c(C)ccc(F)c1O. The minimum Gasteiger partial charge on any atom is -0.505 e. The van der Waals surface area contributed by atoms with Crippen molar-refractivity contribution < 1.29 is 24.1 Å². The quantitative estimate of drug-likeness (QED) is 0.722. The molecule has 1 rings (SSSR count). The molecule has 0 saturated heterocycles. The predicted molar refractivity (Wildman–Crippen MR) is 49.8 cm³/mol. The number of esters is 1. The maximum Gasteiger partial charge on any atom is 0.339 e. The van der Waals surface area contributed by atoms with Gasteiger partial charge in [0.15, 0.2) is 17.7 Å². The molecular weight excluding hydrogens is 203 g/mol. The van der Waals surface area contributed by atoms with E-state index in [1.807, 2.05) is 0 Å². The normalized spacial score (nSPS) is 12.3. The number of ether oxygens (including phenoxy) is 1. The van der Waals surface area contributed by atoms with Crippen LogP contribution in [-0.2, 0) is 9.53 Å². The lowest BCUT2D eigenvalue weighted by Crippen LogP contribution is -2.15. The first-order chi connectivity index (χ1) is 6.99. The van der Waals surface area contributed by atoms with Gasteiger partial charge in [0, 0.05) is 5.56 Å². The molecule has 0 aromatic heterocycles. The van der Waals surface area contributed by atoms with Gasteiger partial charge in [0.1, 0.15) is 0 Å². The highest BCUT2D eigenvalue weighted by Gasteiger charge is 2.24. The Morgan fingerprint density at radius 1 is 1.53 bits per heavy atom. The lowest BCUT2D eigenvalue weighted by molar-refractivity contribution is -0.150. The highest BCUT2D eigenvalue weighted by Crippen LogP contribution is 2.30. The van der Waals surface area contributed by atoms with Crippen LogP contribution in [0.3, 0.4) is 0 Å². The van der Waals surface area contributed by atoms with Crippen molar-refractivity contribution in [1.29, 1.82) is 0 Å². The Labute approximate surface area is 85.9 Å². The second-order valence-electron chi connectivity index (χ2n) is 3.05. The zero-order chi connectivity index (χ0) is 11.6. The number of aliphatic hydroxyl groups is 1. The van der Waals surface area contributed by atoms with Crippen molar-refractivity contribution in [3.8, 4) is 5.75 Å². The van der Waals surface area contributed by atoms with E-state index in [9.17, 15) is 19.4 Å².